The predicted octanol–water partition coefficient (Wildman–Crippen LogP) is 2.92. The van der Waals surface area contributed by atoms with Crippen LogP contribution in [0.5, 0.6) is 0 Å². The largest absolute Gasteiger partial charge is 0.388 e. The number of rotatable bonds is 2. The molecule has 15 heavy (non-hydrogen) atoms. The van der Waals surface area contributed by atoms with Crippen molar-refractivity contribution in [3.05, 3.63) is 42.1 Å². The van der Waals surface area contributed by atoms with Gasteiger partial charge in [0.25, 0.3) is 0 Å². The first kappa shape index (κ1) is 10.1. The van der Waals surface area contributed by atoms with Gasteiger partial charge in [-0.25, -0.2) is 0 Å². The Morgan fingerprint density at radius 1 is 1.13 bits per heavy atom. The lowest BCUT2D eigenvalue weighted by atomic mass is 9.96. The van der Waals surface area contributed by atoms with Crippen molar-refractivity contribution in [3.8, 4) is 0 Å². The van der Waals surface area contributed by atoms with Crippen LogP contribution in [0.4, 0.5) is 0 Å². The fourth-order valence-corrected chi connectivity index (χ4v) is 1.74. The molecule has 1 N–H and O–H groups in total. The molecule has 1 heterocycles. The van der Waals surface area contributed by atoms with Crippen LogP contribution in [-0.4, -0.2) is 10.1 Å². The van der Waals surface area contributed by atoms with Crippen molar-refractivity contribution < 1.29 is 5.11 Å². The highest BCUT2D eigenvalue weighted by atomic mass is 16.3. The fourth-order valence-electron chi connectivity index (χ4n) is 1.74. The average molecular weight is 201 g/mol. The van der Waals surface area contributed by atoms with Gasteiger partial charge in [-0.1, -0.05) is 32.0 Å². The molecule has 0 aliphatic rings. The van der Waals surface area contributed by atoms with E-state index in [0.29, 0.717) is 0 Å². The van der Waals surface area contributed by atoms with Crippen molar-refractivity contribution >= 4 is 10.9 Å². The van der Waals surface area contributed by atoms with Crippen LogP contribution in [0, 0.1) is 5.92 Å². The van der Waals surface area contributed by atoms with Crippen molar-refractivity contribution in [1.29, 1.82) is 0 Å². The Morgan fingerprint density at radius 3 is 2.60 bits per heavy atom. The third-order valence-electron chi connectivity index (χ3n) is 2.63. The van der Waals surface area contributed by atoms with Gasteiger partial charge in [0.2, 0.25) is 0 Å². The van der Waals surface area contributed by atoms with E-state index in [1.54, 1.807) is 6.20 Å². The van der Waals surface area contributed by atoms with Crippen LogP contribution in [0.2, 0.25) is 0 Å². The molecule has 1 aromatic heterocycles. The molecule has 2 aromatic rings. The molecule has 2 heteroatoms. The summed E-state index contributed by atoms with van der Waals surface area (Å²) in [5.41, 5.74) is 1.91. The van der Waals surface area contributed by atoms with E-state index in [1.807, 2.05) is 44.2 Å². The number of hydrogen-bond donors (Lipinski definition) is 1. The first-order valence-corrected chi connectivity index (χ1v) is 5.22. The number of benzene rings is 1. The summed E-state index contributed by atoms with van der Waals surface area (Å²) in [7, 11) is 0. The highest BCUT2D eigenvalue weighted by Gasteiger charge is 2.14. The van der Waals surface area contributed by atoms with Crippen molar-refractivity contribution in [2.45, 2.75) is 20.0 Å². The van der Waals surface area contributed by atoms with Crippen molar-refractivity contribution in [2.24, 2.45) is 5.92 Å². The van der Waals surface area contributed by atoms with E-state index in [9.17, 15) is 5.11 Å². The Kier molecular flexibility index (Phi) is 2.69. The number of fused-ring (bicyclic) bond motifs is 1. The molecular formula is C13H15NO. The lowest BCUT2D eigenvalue weighted by Gasteiger charge is -2.16. The molecule has 1 aromatic carbocycles. The Balaban J connectivity index is 2.60. The molecule has 0 saturated heterocycles. The molecule has 0 saturated carbocycles. The summed E-state index contributed by atoms with van der Waals surface area (Å²) in [6, 6.07) is 9.80. The number of aliphatic hydroxyl groups is 1. The van der Waals surface area contributed by atoms with Gasteiger partial charge in [0, 0.05) is 11.6 Å². The van der Waals surface area contributed by atoms with Crippen molar-refractivity contribution in [2.75, 3.05) is 0 Å². The van der Waals surface area contributed by atoms with Gasteiger partial charge < -0.3 is 5.11 Å². The Labute approximate surface area is 89.6 Å². The van der Waals surface area contributed by atoms with E-state index < -0.39 is 6.10 Å². The Morgan fingerprint density at radius 2 is 1.87 bits per heavy atom. The fraction of sp³-hybridized carbons (Fsp3) is 0.308. The molecular weight excluding hydrogens is 186 g/mol. The van der Waals surface area contributed by atoms with Gasteiger partial charge in [-0.3, -0.25) is 4.98 Å². The van der Waals surface area contributed by atoms with E-state index >= 15 is 0 Å². The average Bonchev–Trinajstić information content (AvgIpc) is 2.27. The van der Waals surface area contributed by atoms with Gasteiger partial charge in [-0.05, 0) is 23.6 Å². The number of nitrogens with zero attached hydrogens (tertiary/aromatic N) is 1. The van der Waals surface area contributed by atoms with Crippen LogP contribution in [0.3, 0.4) is 0 Å². The van der Waals surface area contributed by atoms with Crippen LogP contribution in [-0.2, 0) is 0 Å². The zero-order valence-corrected chi connectivity index (χ0v) is 9.01. The molecule has 2 nitrogen and oxygen atoms in total. The number of aliphatic hydroxyl groups excluding tert-OH is 1. The van der Waals surface area contributed by atoms with Crippen molar-refractivity contribution in [3.63, 3.8) is 0 Å². The molecule has 0 aliphatic carbocycles. The number of pyridine rings is 1. The van der Waals surface area contributed by atoms with E-state index in [1.165, 1.54) is 0 Å². The van der Waals surface area contributed by atoms with Crippen LogP contribution in [0.25, 0.3) is 10.9 Å². The summed E-state index contributed by atoms with van der Waals surface area (Å²) >= 11 is 0. The van der Waals surface area contributed by atoms with E-state index in [0.717, 1.165) is 16.5 Å². The van der Waals surface area contributed by atoms with Gasteiger partial charge >= 0.3 is 0 Å². The summed E-state index contributed by atoms with van der Waals surface area (Å²) < 4.78 is 0. The number of hydrogen-bond acceptors (Lipinski definition) is 2. The maximum absolute atomic E-state index is 10.1. The standard InChI is InChI=1S/C13H15NO/c1-9(2)13(15)11-7-8-14-12-6-4-3-5-10(11)12/h3-9,13,15H,1-2H3. The summed E-state index contributed by atoms with van der Waals surface area (Å²) in [5.74, 6) is 0.218. The topological polar surface area (TPSA) is 33.1 Å². The Bertz CT molecular complexity index is 460. The molecule has 78 valence electrons. The van der Waals surface area contributed by atoms with E-state index in [2.05, 4.69) is 4.98 Å². The minimum Gasteiger partial charge on any atom is -0.388 e. The Hall–Kier alpha value is -1.41. The maximum Gasteiger partial charge on any atom is 0.0820 e. The van der Waals surface area contributed by atoms with E-state index in [-0.39, 0.29) is 5.92 Å². The van der Waals surface area contributed by atoms with Gasteiger partial charge in [0.05, 0.1) is 11.6 Å². The molecule has 2 rings (SSSR count). The van der Waals surface area contributed by atoms with Gasteiger partial charge in [-0.2, -0.15) is 0 Å². The van der Waals surface area contributed by atoms with Crippen LogP contribution in [0.1, 0.15) is 25.5 Å². The molecule has 0 fully saturated rings. The quantitative estimate of drug-likeness (QED) is 0.810. The molecule has 0 aliphatic heterocycles. The monoisotopic (exact) mass is 201 g/mol. The molecule has 0 bridgehead atoms. The second-order valence-electron chi connectivity index (χ2n) is 4.11. The molecule has 1 atom stereocenters. The normalized spacial score (nSPS) is 13.3. The third-order valence-corrected chi connectivity index (χ3v) is 2.63. The predicted molar refractivity (Wildman–Crippen MR) is 61.5 cm³/mol. The van der Waals surface area contributed by atoms with Gasteiger partial charge in [-0.15, -0.1) is 0 Å². The maximum atomic E-state index is 10.1. The highest BCUT2D eigenvalue weighted by molar-refractivity contribution is 5.82. The smallest absolute Gasteiger partial charge is 0.0820 e. The van der Waals surface area contributed by atoms with Crippen LogP contribution in [0.15, 0.2) is 36.5 Å². The summed E-state index contributed by atoms with van der Waals surface area (Å²) in [6.45, 7) is 4.03. The second-order valence-corrected chi connectivity index (χ2v) is 4.11. The summed E-state index contributed by atoms with van der Waals surface area (Å²) in [6.07, 6.45) is 1.33. The molecule has 0 radical (unpaired) electrons. The number of para-hydroxylation sites is 1. The third kappa shape index (κ3) is 1.85. The first-order chi connectivity index (χ1) is 7.20. The summed E-state index contributed by atoms with van der Waals surface area (Å²) in [4.78, 5) is 4.27. The zero-order valence-electron chi connectivity index (χ0n) is 9.01. The first-order valence-electron chi connectivity index (χ1n) is 5.22. The molecule has 0 amide bonds. The van der Waals surface area contributed by atoms with Gasteiger partial charge in [0.1, 0.15) is 0 Å². The minimum absolute atomic E-state index is 0.218. The van der Waals surface area contributed by atoms with Crippen LogP contribution < -0.4 is 0 Å². The molecule has 0 spiro atoms. The summed E-state index contributed by atoms with van der Waals surface area (Å²) in [5, 5.41) is 11.1. The highest BCUT2D eigenvalue weighted by Crippen LogP contribution is 2.27. The minimum atomic E-state index is -0.419. The van der Waals surface area contributed by atoms with E-state index in [4.69, 9.17) is 0 Å². The zero-order chi connectivity index (χ0) is 10.8. The number of aromatic nitrogens is 1. The second kappa shape index (κ2) is 3.99. The van der Waals surface area contributed by atoms with Gasteiger partial charge in [0.15, 0.2) is 0 Å². The lowest BCUT2D eigenvalue weighted by Crippen LogP contribution is -2.06. The lowest BCUT2D eigenvalue weighted by molar-refractivity contribution is 0.128. The van der Waals surface area contributed by atoms with Crippen molar-refractivity contribution in [1.82, 2.24) is 4.98 Å². The van der Waals surface area contributed by atoms with Crippen LogP contribution >= 0.6 is 0 Å². The molecule has 1 unspecified atom stereocenters. The SMILES string of the molecule is CC(C)C(O)c1ccnc2ccccc12.